The van der Waals surface area contributed by atoms with Gasteiger partial charge in [0.15, 0.2) is 0 Å². The molecular weight excluding hydrogens is 255 g/mol. The number of carbonyl (C=O) groups excluding carboxylic acids is 1. The van der Waals surface area contributed by atoms with Gasteiger partial charge >= 0.3 is 0 Å². The summed E-state index contributed by atoms with van der Waals surface area (Å²) in [6.45, 7) is 8.52. The van der Waals surface area contributed by atoms with Crippen molar-refractivity contribution in [2.75, 3.05) is 19.6 Å². The van der Waals surface area contributed by atoms with Gasteiger partial charge in [0.05, 0.1) is 5.54 Å². The van der Waals surface area contributed by atoms with Crippen molar-refractivity contribution in [2.45, 2.75) is 32.7 Å². The third-order valence-electron chi connectivity index (χ3n) is 3.91. The Morgan fingerprint density at radius 3 is 2.60 bits per heavy atom. The summed E-state index contributed by atoms with van der Waals surface area (Å²) in [7, 11) is 0. The molecule has 3 nitrogen and oxygen atoms in total. The van der Waals surface area contributed by atoms with E-state index in [2.05, 4.69) is 10.2 Å². The van der Waals surface area contributed by atoms with E-state index in [1.807, 2.05) is 20.8 Å². The third kappa shape index (κ3) is 3.37. The van der Waals surface area contributed by atoms with Crippen molar-refractivity contribution in [1.82, 2.24) is 10.2 Å². The van der Waals surface area contributed by atoms with Crippen LogP contribution in [0.3, 0.4) is 0 Å². The zero-order chi connectivity index (χ0) is 14.8. The highest BCUT2D eigenvalue weighted by molar-refractivity contribution is 5.79. The van der Waals surface area contributed by atoms with Crippen molar-refractivity contribution >= 4 is 5.91 Å². The predicted octanol–water partition coefficient (Wildman–Crippen LogP) is 2.52. The van der Waals surface area contributed by atoms with Crippen LogP contribution in [0.15, 0.2) is 24.3 Å². The quantitative estimate of drug-likeness (QED) is 0.897. The third-order valence-corrected chi connectivity index (χ3v) is 3.91. The fourth-order valence-corrected chi connectivity index (χ4v) is 2.50. The Hall–Kier alpha value is -1.42. The molecule has 1 fully saturated rings. The van der Waals surface area contributed by atoms with E-state index in [-0.39, 0.29) is 17.6 Å². The Morgan fingerprint density at radius 2 is 2.05 bits per heavy atom. The summed E-state index contributed by atoms with van der Waals surface area (Å²) in [5.41, 5.74) is -0.185. The maximum absolute atomic E-state index is 13.9. The molecule has 20 heavy (non-hydrogen) atoms. The number of hydrogen-bond donors (Lipinski definition) is 1. The lowest BCUT2D eigenvalue weighted by atomic mass is 9.92. The van der Waals surface area contributed by atoms with Gasteiger partial charge < -0.3 is 10.2 Å². The second-order valence-corrected chi connectivity index (χ2v) is 6.15. The van der Waals surface area contributed by atoms with Gasteiger partial charge in [-0.3, -0.25) is 4.79 Å². The molecule has 2 rings (SSSR count). The first-order valence-electron chi connectivity index (χ1n) is 7.19. The van der Waals surface area contributed by atoms with Gasteiger partial charge in [-0.2, -0.15) is 0 Å². The van der Waals surface area contributed by atoms with Crippen LogP contribution >= 0.6 is 0 Å². The van der Waals surface area contributed by atoms with E-state index in [0.29, 0.717) is 5.56 Å². The molecular formula is C16H23FN2O. The molecule has 1 aliphatic heterocycles. The number of rotatable bonds is 5. The molecule has 110 valence electrons. The van der Waals surface area contributed by atoms with Crippen LogP contribution in [0.4, 0.5) is 4.39 Å². The monoisotopic (exact) mass is 278 g/mol. The Morgan fingerprint density at radius 1 is 1.40 bits per heavy atom. The van der Waals surface area contributed by atoms with Gasteiger partial charge in [-0.25, -0.2) is 4.39 Å². The van der Waals surface area contributed by atoms with E-state index in [9.17, 15) is 9.18 Å². The van der Waals surface area contributed by atoms with Crippen molar-refractivity contribution in [3.05, 3.63) is 35.6 Å². The molecule has 1 aromatic rings. The molecule has 1 amide bonds. The normalized spacial score (nSPS) is 17.4. The molecule has 0 bridgehead atoms. The van der Waals surface area contributed by atoms with Crippen LogP contribution in [0, 0.1) is 11.7 Å². The highest BCUT2D eigenvalue weighted by atomic mass is 19.1. The van der Waals surface area contributed by atoms with Crippen molar-refractivity contribution in [3.8, 4) is 0 Å². The molecule has 0 spiro atoms. The number of hydrogen-bond acceptors (Lipinski definition) is 2. The summed E-state index contributed by atoms with van der Waals surface area (Å²) < 4.78 is 13.9. The summed E-state index contributed by atoms with van der Waals surface area (Å²) in [5.74, 6) is -0.389. The molecule has 4 heteroatoms. The molecule has 1 unspecified atom stereocenters. The van der Waals surface area contributed by atoms with Crippen LogP contribution in [-0.4, -0.2) is 30.4 Å². The highest BCUT2D eigenvalue weighted by Gasteiger charge is 2.29. The molecule has 1 N–H and O–H groups in total. The number of likely N-dealkylation sites (tertiary alicyclic amines) is 1. The van der Waals surface area contributed by atoms with Gasteiger partial charge in [-0.05, 0) is 39.4 Å². The Kier molecular flexibility index (Phi) is 4.43. The molecule has 1 aromatic carbocycles. The fraction of sp³-hybridized carbons (Fsp3) is 0.562. The van der Waals surface area contributed by atoms with Crippen LogP contribution in [0.1, 0.15) is 32.8 Å². The Balaban J connectivity index is 1.99. The second-order valence-electron chi connectivity index (χ2n) is 6.15. The molecule has 0 radical (unpaired) electrons. The number of benzene rings is 1. The van der Waals surface area contributed by atoms with Crippen LogP contribution in [0.2, 0.25) is 0 Å². The van der Waals surface area contributed by atoms with Gasteiger partial charge in [0.25, 0.3) is 0 Å². The Labute approximate surface area is 120 Å². The summed E-state index contributed by atoms with van der Waals surface area (Å²) in [6.07, 6.45) is 1.22. The van der Waals surface area contributed by atoms with Crippen molar-refractivity contribution in [3.63, 3.8) is 0 Å². The zero-order valence-corrected chi connectivity index (χ0v) is 12.4. The lowest BCUT2D eigenvalue weighted by Gasteiger charge is -2.34. The molecule has 0 saturated carbocycles. The topological polar surface area (TPSA) is 32.3 Å². The SMILES string of the molecule is CC(CN1CCC1)C(=O)NC(C)(C)c1ccccc1F. The van der Waals surface area contributed by atoms with Crippen LogP contribution in [-0.2, 0) is 10.3 Å². The largest absolute Gasteiger partial charge is 0.347 e. The smallest absolute Gasteiger partial charge is 0.224 e. The fourth-order valence-electron chi connectivity index (χ4n) is 2.50. The van der Waals surface area contributed by atoms with Crippen LogP contribution < -0.4 is 5.32 Å². The van der Waals surface area contributed by atoms with E-state index in [0.717, 1.165) is 19.6 Å². The summed E-state index contributed by atoms with van der Waals surface area (Å²) in [5, 5.41) is 2.96. The van der Waals surface area contributed by atoms with E-state index in [1.165, 1.54) is 12.5 Å². The zero-order valence-electron chi connectivity index (χ0n) is 12.4. The average molecular weight is 278 g/mol. The number of halogens is 1. The lowest BCUT2D eigenvalue weighted by Crippen LogP contribution is -2.48. The first kappa shape index (κ1) is 15.0. The molecule has 0 aromatic heterocycles. The molecule has 0 aliphatic carbocycles. The van der Waals surface area contributed by atoms with E-state index >= 15 is 0 Å². The van der Waals surface area contributed by atoms with Crippen molar-refractivity contribution < 1.29 is 9.18 Å². The van der Waals surface area contributed by atoms with E-state index in [1.54, 1.807) is 18.2 Å². The molecule has 1 heterocycles. The van der Waals surface area contributed by atoms with Crippen LogP contribution in [0.25, 0.3) is 0 Å². The van der Waals surface area contributed by atoms with Gasteiger partial charge in [-0.1, -0.05) is 25.1 Å². The number of amides is 1. The predicted molar refractivity (Wildman–Crippen MR) is 77.8 cm³/mol. The average Bonchev–Trinajstić information content (AvgIpc) is 2.33. The number of nitrogens with one attached hydrogen (secondary N) is 1. The maximum Gasteiger partial charge on any atom is 0.224 e. The minimum Gasteiger partial charge on any atom is -0.347 e. The van der Waals surface area contributed by atoms with Gasteiger partial charge in [0.2, 0.25) is 5.91 Å². The maximum atomic E-state index is 13.9. The summed E-state index contributed by atoms with van der Waals surface area (Å²) in [4.78, 5) is 14.5. The lowest BCUT2D eigenvalue weighted by molar-refractivity contribution is -0.127. The van der Waals surface area contributed by atoms with Gasteiger partial charge in [0, 0.05) is 18.0 Å². The van der Waals surface area contributed by atoms with E-state index < -0.39 is 5.54 Å². The van der Waals surface area contributed by atoms with Gasteiger partial charge in [-0.15, -0.1) is 0 Å². The van der Waals surface area contributed by atoms with E-state index in [4.69, 9.17) is 0 Å². The Bertz CT molecular complexity index is 483. The molecule has 1 saturated heterocycles. The molecule has 1 aliphatic rings. The number of carbonyl (C=O) groups is 1. The second kappa shape index (κ2) is 5.92. The van der Waals surface area contributed by atoms with Crippen molar-refractivity contribution in [1.29, 1.82) is 0 Å². The van der Waals surface area contributed by atoms with Crippen molar-refractivity contribution in [2.24, 2.45) is 5.92 Å². The number of nitrogens with zero attached hydrogens (tertiary/aromatic N) is 1. The first-order chi connectivity index (χ1) is 9.40. The van der Waals surface area contributed by atoms with Crippen LogP contribution in [0.5, 0.6) is 0 Å². The molecule has 1 atom stereocenters. The summed E-state index contributed by atoms with van der Waals surface area (Å²) >= 11 is 0. The minimum atomic E-state index is -0.703. The highest BCUT2D eigenvalue weighted by Crippen LogP contribution is 2.23. The van der Waals surface area contributed by atoms with Gasteiger partial charge in [0.1, 0.15) is 5.82 Å². The standard InChI is InChI=1S/C16H23FN2O/c1-12(11-19-9-6-10-19)15(20)18-16(2,3)13-7-4-5-8-14(13)17/h4-5,7-8,12H,6,9-11H2,1-3H3,(H,18,20). The minimum absolute atomic E-state index is 0.0230. The summed E-state index contributed by atoms with van der Waals surface area (Å²) in [6, 6.07) is 6.58. The first-order valence-corrected chi connectivity index (χ1v) is 7.19.